The van der Waals surface area contributed by atoms with Gasteiger partial charge in [0.25, 0.3) is 0 Å². The van der Waals surface area contributed by atoms with Gasteiger partial charge in [0.2, 0.25) is 0 Å². The van der Waals surface area contributed by atoms with Crippen molar-refractivity contribution in [2.45, 2.75) is 309 Å². The Morgan fingerprint density at radius 3 is 0.813 bits per heavy atom. The second-order valence-electron chi connectivity index (χ2n) is 20.9. The van der Waals surface area contributed by atoms with Crippen molar-refractivity contribution in [1.82, 2.24) is 0 Å². The second-order valence-corrected chi connectivity index (χ2v) is 20.9. The fourth-order valence-electron chi connectivity index (χ4n) is 8.90. The van der Waals surface area contributed by atoms with Crippen LogP contribution in [0, 0.1) is 0 Å². The lowest BCUT2D eigenvalue weighted by atomic mass is 10.0. The minimum Gasteiger partial charge on any atom is -0.462 e. The van der Waals surface area contributed by atoms with E-state index in [-0.39, 0.29) is 31.1 Å². The van der Waals surface area contributed by atoms with Gasteiger partial charge in [-0.25, -0.2) is 0 Å². The van der Waals surface area contributed by atoms with Crippen LogP contribution in [-0.2, 0) is 28.6 Å². The standard InChI is InChI=1S/C69H118O6/c1-4-7-10-13-16-19-22-24-26-28-29-30-31-32-33-34-35-36-37-38-39-41-42-44-47-50-53-56-59-62-68(71)74-65-66(64-73-67(70)61-58-55-52-49-46-21-18-15-12-9-6-3)75-69(72)63-60-57-54-51-48-45-43-40-27-25-23-20-17-14-11-8-5-2/h7-8,10-11,16-17,19-20,24-27,29-30,43,45,66H,4-6,9,12-15,18,21-23,28,31-42,44,46-65H2,1-3H3/b10-7-,11-8-,19-16-,20-17-,26-24-,27-25-,30-29-,45-43-. The molecule has 0 radical (unpaired) electrons. The van der Waals surface area contributed by atoms with Gasteiger partial charge in [0.15, 0.2) is 6.10 Å². The third-order valence-corrected chi connectivity index (χ3v) is 13.6. The van der Waals surface area contributed by atoms with Gasteiger partial charge in [-0.2, -0.15) is 0 Å². The highest BCUT2D eigenvalue weighted by atomic mass is 16.6. The highest BCUT2D eigenvalue weighted by molar-refractivity contribution is 5.71. The minimum atomic E-state index is -0.788. The topological polar surface area (TPSA) is 78.9 Å². The van der Waals surface area contributed by atoms with Crippen molar-refractivity contribution in [1.29, 1.82) is 0 Å². The molecule has 430 valence electrons. The van der Waals surface area contributed by atoms with Gasteiger partial charge in [0.05, 0.1) is 0 Å². The van der Waals surface area contributed by atoms with E-state index in [1.807, 2.05) is 0 Å². The molecule has 1 atom stereocenters. The van der Waals surface area contributed by atoms with Crippen molar-refractivity contribution in [3.63, 3.8) is 0 Å². The van der Waals surface area contributed by atoms with E-state index in [4.69, 9.17) is 14.2 Å². The Balaban J connectivity index is 4.22. The van der Waals surface area contributed by atoms with Gasteiger partial charge in [-0.15, -0.1) is 0 Å². The first-order valence-corrected chi connectivity index (χ1v) is 31.7. The third-order valence-electron chi connectivity index (χ3n) is 13.6. The third kappa shape index (κ3) is 61.1. The number of allylic oxidation sites excluding steroid dienone is 16. The van der Waals surface area contributed by atoms with E-state index in [1.165, 1.54) is 141 Å². The zero-order chi connectivity index (χ0) is 54.3. The van der Waals surface area contributed by atoms with Crippen LogP contribution in [0.4, 0.5) is 0 Å². The van der Waals surface area contributed by atoms with Crippen molar-refractivity contribution in [3.8, 4) is 0 Å². The van der Waals surface area contributed by atoms with Gasteiger partial charge in [0, 0.05) is 19.3 Å². The highest BCUT2D eigenvalue weighted by Crippen LogP contribution is 2.17. The summed E-state index contributed by atoms with van der Waals surface area (Å²) < 4.78 is 16.9. The summed E-state index contributed by atoms with van der Waals surface area (Å²) in [6, 6.07) is 0. The van der Waals surface area contributed by atoms with E-state index in [0.29, 0.717) is 19.3 Å². The molecule has 0 fully saturated rings. The Kier molecular flexibility index (Phi) is 59.8. The lowest BCUT2D eigenvalue weighted by Gasteiger charge is -2.18. The van der Waals surface area contributed by atoms with E-state index < -0.39 is 6.10 Å². The molecule has 0 aliphatic carbocycles. The van der Waals surface area contributed by atoms with Gasteiger partial charge in [0.1, 0.15) is 13.2 Å². The predicted octanol–water partition coefficient (Wildman–Crippen LogP) is 21.7. The molecule has 0 aromatic heterocycles. The lowest BCUT2D eigenvalue weighted by Crippen LogP contribution is -2.30. The number of rotatable bonds is 57. The normalized spacial score (nSPS) is 12.7. The Morgan fingerprint density at radius 1 is 0.280 bits per heavy atom. The Hall–Kier alpha value is -3.67. The summed E-state index contributed by atoms with van der Waals surface area (Å²) in [5, 5.41) is 0. The van der Waals surface area contributed by atoms with Crippen LogP contribution in [0.25, 0.3) is 0 Å². The fraction of sp³-hybridized carbons (Fsp3) is 0.725. The second kappa shape index (κ2) is 62.9. The predicted molar refractivity (Wildman–Crippen MR) is 325 cm³/mol. The van der Waals surface area contributed by atoms with Crippen LogP contribution in [0.1, 0.15) is 303 Å². The molecule has 0 aliphatic rings. The van der Waals surface area contributed by atoms with E-state index in [2.05, 4.69) is 118 Å². The molecular weight excluding hydrogens is 925 g/mol. The summed E-state index contributed by atoms with van der Waals surface area (Å²) in [5.74, 6) is -0.899. The molecule has 0 bridgehead atoms. The number of ether oxygens (including phenoxy) is 3. The van der Waals surface area contributed by atoms with Gasteiger partial charge in [-0.3, -0.25) is 14.4 Å². The maximum absolute atomic E-state index is 12.9. The van der Waals surface area contributed by atoms with Crippen molar-refractivity contribution in [2.24, 2.45) is 0 Å². The van der Waals surface area contributed by atoms with Crippen molar-refractivity contribution < 1.29 is 28.6 Å². The van der Waals surface area contributed by atoms with E-state index in [1.54, 1.807) is 0 Å². The SMILES string of the molecule is CC/C=C\C/C=C\C/C=C\C/C=C\CCCCCCCCCCCCCCCCCCC(=O)OCC(COC(=O)CCCCCCCCCCCCC)OC(=O)CCCCCC/C=C\C/C=C\C/C=C\C/C=C\CC. The summed E-state index contributed by atoms with van der Waals surface area (Å²) in [7, 11) is 0. The van der Waals surface area contributed by atoms with Crippen molar-refractivity contribution in [3.05, 3.63) is 97.2 Å². The molecule has 0 saturated heterocycles. The van der Waals surface area contributed by atoms with Gasteiger partial charge in [-0.1, -0.05) is 285 Å². The molecule has 0 saturated carbocycles. The summed E-state index contributed by atoms with van der Waals surface area (Å²) in [4.78, 5) is 38.2. The Bertz CT molecular complexity index is 1480. The van der Waals surface area contributed by atoms with Gasteiger partial charge < -0.3 is 14.2 Å². The zero-order valence-electron chi connectivity index (χ0n) is 49.3. The van der Waals surface area contributed by atoms with Crippen LogP contribution in [0.3, 0.4) is 0 Å². The molecule has 0 N–H and O–H groups in total. The molecule has 6 heteroatoms. The van der Waals surface area contributed by atoms with Crippen molar-refractivity contribution in [2.75, 3.05) is 13.2 Å². The maximum Gasteiger partial charge on any atom is 0.306 e. The number of hydrogen-bond donors (Lipinski definition) is 0. The number of carbonyl (C=O) groups is 3. The quantitative estimate of drug-likeness (QED) is 0.0261. The van der Waals surface area contributed by atoms with Crippen LogP contribution in [0.2, 0.25) is 0 Å². The first kappa shape index (κ1) is 71.3. The average molecular weight is 1040 g/mol. The number of hydrogen-bond acceptors (Lipinski definition) is 6. The molecular formula is C69H118O6. The van der Waals surface area contributed by atoms with Crippen LogP contribution in [-0.4, -0.2) is 37.2 Å². The monoisotopic (exact) mass is 1040 g/mol. The van der Waals surface area contributed by atoms with Gasteiger partial charge >= 0.3 is 17.9 Å². The summed E-state index contributed by atoms with van der Waals surface area (Å²) >= 11 is 0. The van der Waals surface area contributed by atoms with Crippen LogP contribution in [0.15, 0.2) is 97.2 Å². The zero-order valence-corrected chi connectivity index (χ0v) is 49.3. The molecule has 0 aromatic rings. The molecule has 6 nitrogen and oxygen atoms in total. The van der Waals surface area contributed by atoms with Crippen molar-refractivity contribution >= 4 is 17.9 Å². The van der Waals surface area contributed by atoms with Crippen LogP contribution >= 0.6 is 0 Å². The molecule has 0 heterocycles. The molecule has 0 aromatic carbocycles. The average Bonchev–Trinajstić information content (AvgIpc) is 3.41. The first-order chi connectivity index (χ1) is 37.0. The summed E-state index contributed by atoms with van der Waals surface area (Å²) in [6.07, 6.45) is 84.2. The molecule has 75 heavy (non-hydrogen) atoms. The first-order valence-electron chi connectivity index (χ1n) is 31.7. The van der Waals surface area contributed by atoms with Crippen LogP contribution < -0.4 is 0 Å². The number of esters is 3. The van der Waals surface area contributed by atoms with E-state index in [0.717, 1.165) is 122 Å². The van der Waals surface area contributed by atoms with Crippen LogP contribution in [0.5, 0.6) is 0 Å². The van der Waals surface area contributed by atoms with E-state index >= 15 is 0 Å². The molecule has 1 unspecified atom stereocenters. The summed E-state index contributed by atoms with van der Waals surface area (Å²) in [5.41, 5.74) is 0. The molecule has 0 spiro atoms. The smallest absolute Gasteiger partial charge is 0.306 e. The summed E-state index contributed by atoms with van der Waals surface area (Å²) in [6.45, 7) is 6.41. The largest absolute Gasteiger partial charge is 0.462 e. The molecule has 0 rings (SSSR count). The minimum absolute atomic E-state index is 0.0840. The van der Waals surface area contributed by atoms with E-state index in [9.17, 15) is 14.4 Å². The molecule has 0 aliphatic heterocycles. The number of carbonyl (C=O) groups excluding carboxylic acids is 3. The Morgan fingerprint density at radius 2 is 0.520 bits per heavy atom. The Labute approximate surface area is 464 Å². The highest BCUT2D eigenvalue weighted by Gasteiger charge is 2.19. The maximum atomic E-state index is 12.9. The van der Waals surface area contributed by atoms with Gasteiger partial charge in [-0.05, 0) is 96.3 Å². The number of unbranched alkanes of at least 4 members (excludes halogenated alkanes) is 30. The molecule has 0 amide bonds. The fourth-order valence-corrected chi connectivity index (χ4v) is 8.90. The lowest BCUT2D eigenvalue weighted by molar-refractivity contribution is -0.167.